The van der Waals surface area contributed by atoms with Gasteiger partial charge in [-0.05, 0) is 43.2 Å². The average Bonchev–Trinajstić information content (AvgIpc) is 2.68. The molecule has 0 aliphatic carbocycles. The van der Waals surface area contributed by atoms with E-state index in [1.54, 1.807) is 25.1 Å². The zero-order valence-electron chi connectivity index (χ0n) is 16.2. The van der Waals surface area contributed by atoms with Gasteiger partial charge in [-0.25, -0.2) is 8.78 Å². The number of nitrogens with zero attached hydrogens (tertiary/aromatic N) is 1. The van der Waals surface area contributed by atoms with Gasteiger partial charge in [-0.1, -0.05) is 12.1 Å². The van der Waals surface area contributed by atoms with Gasteiger partial charge in [0.1, 0.15) is 11.6 Å². The van der Waals surface area contributed by atoms with Crippen molar-refractivity contribution in [2.75, 3.05) is 18.4 Å². The molecular formula is C22H21F2N3O2. The Morgan fingerprint density at radius 2 is 1.90 bits per heavy atom. The number of carbonyl (C=O) groups excluding carboxylic acids is 1. The maximum Gasteiger partial charge on any atom is 0.238 e. The van der Waals surface area contributed by atoms with Gasteiger partial charge in [0, 0.05) is 36.5 Å². The van der Waals surface area contributed by atoms with Gasteiger partial charge in [0.2, 0.25) is 5.91 Å². The van der Waals surface area contributed by atoms with Crippen molar-refractivity contribution in [3.63, 3.8) is 0 Å². The summed E-state index contributed by atoms with van der Waals surface area (Å²) < 4.78 is 27.9. The second-order valence-electron chi connectivity index (χ2n) is 7.50. The molecule has 150 valence electrons. The molecule has 0 radical (unpaired) electrons. The SMILES string of the molecule is Cc1ccc(NC(=O)CN2CCc3[nH]c4c(C)ccc(F)c4c(=O)c3C2)cc1F. The van der Waals surface area contributed by atoms with Gasteiger partial charge in [-0.15, -0.1) is 0 Å². The maximum atomic E-state index is 14.3. The monoisotopic (exact) mass is 397 g/mol. The average molecular weight is 397 g/mol. The Hall–Kier alpha value is -3.06. The summed E-state index contributed by atoms with van der Waals surface area (Å²) in [5, 5.41) is 2.74. The number of H-pyrrole nitrogens is 1. The lowest BCUT2D eigenvalue weighted by molar-refractivity contribution is -0.117. The van der Waals surface area contributed by atoms with Crippen LogP contribution in [0.25, 0.3) is 10.9 Å². The number of benzene rings is 2. The van der Waals surface area contributed by atoms with E-state index in [9.17, 15) is 18.4 Å². The lowest BCUT2D eigenvalue weighted by Gasteiger charge is -2.28. The van der Waals surface area contributed by atoms with Crippen LogP contribution in [0.15, 0.2) is 35.1 Å². The van der Waals surface area contributed by atoms with E-state index in [0.29, 0.717) is 35.3 Å². The second-order valence-corrected chi connectivity index (χ2v) is 7.50. The van der Waals surface area contributed by atoms with Crippen molar-refractivity contribution < 1.29 is 13.6 Å². The molecule has 0 saturated heterocycles. The Morgan fingerprint density at radius 3 is 2.66 bits per heavy atom. The molecule has 0 fully saturated rings. The van der Waals surface area contributed by atoms with Crippen molar-refractivity contribution in [2.45, 2.75) is 26.8 Å². The van der Waals surface area contributed by atoms with Crippen LogP contribution in [0.2, 0.25) is 0 Å². The quantitative estimate of drug-likeness (QED) is 0.712. The Labute approximate surface area is 166 Å². The number of hydrogen-bond donors (Lipinski definition) is 2. The van der Waals surface area contributed by atoms with Crippen LogP contribution >= 0.6 is 0 Å². The summed E-state index contributed by atoms with van der Waals surface area (Å²) >= 11 is 0. The molecule has 0 bridgehead atoms. The fraction of sp³-hybridized carbons (Fsp3) is 0.273. The van der Waals surface area contributed by atoms with Crippen LogP contribution in [-0.4, -0.2) is 28.9 Å². The molecule has 0 atom stereocenters. The summed E-state index contributed by atoms with van der Waals surface area (Å²) in [4.78, 5) is 30.3. The van der Waals surface area contributed by atoms with Crippen molar-refractivity contribution in [3.05, 3.63) is 74.6 Å². The smallest absolute Gasteiger partial charge is 0.238 e. The molecule has 1 aliphatic rings. The molecule has 7 heteroatoms. The highest BCUT2D eigenvalue weighted by Gasteiger charge is 2.24. The summed E-state index contributed by atoms with van der Waals surface area (Å²) in [6, 6.07) is 7.47. The van der Waals surface area contributed by atoms with Crippen LogP contribution in [-0.2, 0) is 17.8 Å². The van der Waals surface area contributed by atoms with Crippen molar-refractivity contribution in [2.24, 2.45) is 0 Å². The highest BCUT2D eigenvalue weighted by Crippen LogP contribution is 2.22. The molecule has 1 aliphatic heterocycles. The molecule has 0 saturated carbocycles. The number of carbonyl (C=O) groups is 1. The molecule has 1 amide bonds. The zero-order valence-corrected chi connectivity index (χ0v) is 16.2. The summed E-state index contributed by atoms with van der Waals surface area (Å²) in [6.45, 7) is 4.38. The molecule has 2 N–H and O–H groups in total. The molecule has 0 unspecified atom stereocenters. The predicted octanol–water partition coefficient (Wildman–Crippen LogP) is 3.42. The van der Waals surface area contributed by atoms with Gasteiger partial charge in [0.15, 0.2) is 5.43 Å². The molecule has 2 aromatic carbocycles. The molecular weight excluding hydrogens is 376 g/mol. The van der Waals surface area contributed by atoms with E-state index in [0.717, 1.165) is 11.3 Å². The van der Waals surface area contributed by atoms with Gasteiger partial charge >= 0.3 is 0 Å². The third kappa shape index (κ3) is 3.65. The van der Waals surface area contributed by atoms with Crippen LogP contribution in [0.3, 0.4) is 0 Å². The van der Waals surface area contributed by atoms with Gasteiger partial charge < -0.3 is 10.3 Å². The van der Waals surface area contributed by atoms with Gasteiger partial charge in [0.25, 0.3) is 0 Å². The Morgan fingerprint density at radius 1 is 1.14 bits per heavy atom. The number of pyridine rings is 1. The Balaban J connectivity index is 1.54. The number of amides is 1. The highest BCUT2D eigenvalue weighted by molar-refractivity contribution is 5.92. The van der Waals surface area contributed by atoms with E-state index in [-0.39, 0.29) is 35.6 Å². The van der Waals surface area contributed by atoms with Crippen LogP contribution in [0.1, 0.15) is 22.4 Å². The number of aromatic nitrogens is 1. The predicted molar refractivity (Wildman–Crippen MR) is 108 cm³/mol. The van der Waals surface area contributed by atoms with E-state index >= 15 is 0 Å². The van der Waals surface area contributed by atoms with E-state index in [4.69, 9.17) is 0 Å². The van der Waals surface area contributed by atoms with Crippen molar-refractivity contribution >= 4 is 22.5 Å². The number of halogens is 2. The largest absolute Gasteiger partial charge is 0.358 e. The summed E-state index contributed by atoms with van der Waals surface area (Å²) in [5.74, 6) is -1.23. The molecule has 2 heterocycles. The van der Waals surface area contributed by atoms with Crippen LogP contribution in [0.5, 0.6) is 0 Å². The number of hydrogen-bond acceptors (Lipinski definition) is 3. The number of aryl methyl sites for hydroxylation is 2. The van der Waals surface area contributed by atoms with Crippen LogP contribution in [0.4, 0.5) is 14.5 Å². The van der Waals surface area contributed by atoms with E-state index in [2.05, 4.69) is 10.3 Å². The van der Waals surface area contributed by atoms with Gasteiger partial charge in [-0.3, -0.25) is 14.5 Å². The standard InChI is InChI=1S/C22H21F2N3O2/c1-12-3-5-14(9-17(12)24)25-19(28)11-27-8-7-18-15(10-27)22(29)20-16(23)6-4-13(2)21(20)26-18/h3-6,9H,7-8,10-11H2,1-2H3,(H,25,28)(H,26,29). The molecule has 29 heavy (non-hydrogen) atoms. The number of aromatic amines is 1. The molecule has 4 rings (SSSR count). The number of anilines is 1. The summed E-state index contributed by atoms with van der Waals surface area (Å²) in [7, 11) is 0. The third-order valence-electron chi connectivity index (χ3n) is 5.39. The van der Waals surface area contributed by atoms with Crippen molar-refractivity contribution in [1.82, 2.24) is 9.88 Å². The van der Waals surface area contributed by atoms with E-state index < -0.39 is 5.82 Å². The van der Waals surface area contributed by atoms with E-state index in [1.165, 1.54) is 12.1 Å². The highest BCUT2D eigenvalue weighted by atomic mass is 19.1. The minimum Gasteiger partial charge on any atom is -0.358 e. The Bertz CT molecular complexity index is 1190. The second kappa shape index (κ2) is 7.40. The zero-order chi connectivity index (χ0) is 20.7. The third-order valence-corrected chi connectivity index (χ3v) is 5.39. The van der Waals surface area contributed by atoms with Crippen LogP contribution < -0.4 is 10.7 Å². The summed E-state index contributed by atoms with van der Waals surface area (Å²) in [6.07, 6.45) is 0.558. The molecule has 0 spiro atoms. The topological polar surface area (TPSA) is 65.2 Å². The first-order chi connectivity index (χ1) is 13.8. The van der Waals surface area contributed by atoms with Gasteiger partial charge in [-0.2, -0.15) is 0 Å². The van der Waals surface area contributed by atoms with Crippen molar-refractivity contribution in [1.29, 1.82) is 0 Å². The van der Waals surface area contributed by atoms with Crippen LogP contribution in [0, 0.1) is 25.5 Å². The number of fused-ring (bicyclic) bond motifs is 2. The molecule has 1 aromatic heterocycles. The van der Waals surface area contributed by atoms with E-state index in [1.807, 2.05) is 11.8 Å². The first-order valence-electron chi connectivity index (χ1n) is 9.44. The normalized spacial score (nSPS) is 14.1. The molecule has 3 aromatic rings. The summed E-state index contributed by atoms with van der Waals surface area (Å²) in [5.41, 5.74) is 3.17. The number of nitrogens with one attached hydrogen (secondary N) is 2. The number of rotatable bonds is 3. The Kier molecular flexibility index (Phi) is 4.92. The van der Waals surface area contributed by atoms with Gasteiger partial charge in [0.05, 0.1) is 17.4 Å². The fourth-order valence-corrected chi connectivity index (χ4v) is 3.74. The molecule has 5 nitrogen and oxygen atoms in total. The minimum absolute atomic E-state index is 0.0582. The lowest BCUT2D eigenvalue weighted by Crippen LogP contribution is -2.39. The maximum absolute atomic E-state index is 14.3. The first-order valence-corrected chi connectivity index (χ1v) is 9.44. The van der Waals surface area contributed by atoms with Crippen molar-refractivity contribution in [3.8, 4) is 0 Å². The lowest BCUT2D eigenvalue weighted by atomic mass is 10.0. The first kappa shape index (κ1) is 19.3. The minimum atomic E-state index is -0.550. The fourth-order valence-electron chi connectivity index (χ4n) is 3.74.